The van der Waals surface area contributed by atoms with Gasteiger partial charge in [0.2, 0.25) is 0 Å². The fraction of sp³-hybridized carbons (Fsp3) is 0.636. The molecule has 2 heteroatoms. The Morgan fingerprint density at radius 3 is 2.62 bits per heavy atom. The van der Waals surface area contributed by atoms with Gasteiger partial charge < -0.3 is 9.47 Å². The maximum Gasteiger partial charge on any atom is 0.172 e. The highest BCUT2D eigenvalue weighted by Crippen LogP contribution is 2.38. The summed E-state index contributed by atoms with van der Waals surface area (Å²) >= 11 is 0. The Morgan fingerprint density at radius 2 is 2.08 bits per heavy atom. The molecule has 0 aromatic heterocycles. The van der Waals surface area contributed by atoms with Gasteiger partial charge in [-0.1, -0.05) is 18.2 Å². The van der Waals surface area contributed by atoms with Crippen LogP contribution in [0, 0.1) is 0 Å². The van der Waals surface area contributed by atoms with Gasteiger partial charge in [-0.25, -0.2) is 0 Å². The van der Waals surface area contributed by atoms with E-state index in [0.717, 1.165) is 32.5 Å². The van der Waals surface area contributed by atoms with Crippen molar-refractivity contribution in [2.75, 3.05) is 13.2 Å². The molecule has 1 aliphatic carbocycles. The van der Waals surface area contributed by atoms with Gasteiger partial charge >= 0.3 is 0 Å². The molecule has 0 atom stereocenters. The van der Waals surface area contributed by atoms with Gasteiger partial charge in [0, 0.05) is 12.8 Å². The molecule has 2 aliphatic rings. The van der Waals surface area contributed by atoms with E-state index < -0.39 is 0 Å². The Labute approximate surface area is 79.2 Å². The first-order valence-corrected chi connectivity index (χ1v) is 4.85. The van der Waals surface area contributed by atoms with Crippen LogP contribution in [0.2, 0.25) is 0 Å². The zero-order valence-electron chi connectivity index (χ0n) is 8.14. The number of allylic oxidation sites excluding steroid dienone is 2. The van der Waals surface area contributed by atoms with Crippen molar-refractivity contribution in [1.82, 2.24) is 0 Å². The lowest BCUT2D eigenvalue weighted by atomic mass is 9.88. The van der Waals surface area contributed by atoms with Crippen molar-refractivity contribution >= 4 is 0 Å². The van der Waals surface area contributed by atoms with Gasteiger partial charge in [0.25, 0.3) is 0 Å². The van der Waals surface area contributed by atoms with Gasteiger partial charge in [0.05, 0.1) is 13.2 Å². The van der Waals surface area contributed by atoms with Crippen LogP contribution in [0.4, 0.5) is 0 Å². The minimum absolute atomic E-state index is 0.281. The summed E-state index contributed by atoms with van der Waals surface area (Å²) in [5.74, 6) is -0.281. The van der Waals surface area contributed by atoms with Crippen LogP contribution in [-0.2, 0) is 9.47 Å². The summed E-state index contributed by atoms with van der Waals surface area (Å²) in [4.78, 5) is 0. The van der Waals surface area contributed by atoms with Crippen molar-refractivity contribution in [3.8, 4) is 0 Å². The number of hydrogen-bond acceptors (Lipinski definition) is 2. The molecule has 2 rings (SSSR count). The molecule has 0 aromatic rings. The minimum atomic E-state index is -0.281. The molecule has 0 saturated carbocycles. The van der Waals surface area contributed by atoms with Crippen LogP contribution in [0.5, 0.6) is 0 Å². The largest absolute Gasteiger partial charge is 0.347 e. The van der Waals surface area contributed by atoms with Crippen molar-refractivity contribution in [3.63, 3.8) is 0 Å². The Hall–Kier alpha value is -0.600. The second kappa shape index (κ2) is 3.28. The molecule has 0 unspecified atom stereocenters. The van der Waals surface area contributed by atoms with Crippen LogP contribution in [0.1, 0.15) is 26.2 Å². The van der Waals surface area contributed by atoms with Crippen LogP contribution >= 0.6 is 0 Å². The molecular formula is C11H16O2. The summed E-state index contributed by atoms with van der Waals surface area (Å²) < 4.78 is 11.3. The lowest BCUT2D eigenvalue weighted by Gasteiger charge is -2.32. The fourth-order valence-corrected chi connectivity index (χ4v) is 2.16. The average molecular weight is 180 g/mol. The van der Waals surface area contributed by atoms with Crippen LogP contribution in [0.25, 0.3) is 0 Å². The molecule has 1 spiro atoms. The SMILES string of the molecule is C=CC1=C(C)CC2(CC1)OCCO2. The van der Waals surface area contributed by atoms with Gasteiger partial charge in [-0.3, -0.25) is 0 Å². The topological polar surface area (TPSA) is 18.5 Å². The van der Waals surface area contributed by atoms with E-state index in [4.69, 9.17) is 9.47 Å². The second-order valence-electron chi connectivity index (χ2n) is 3.79. The van der Waals surface area contributed by atoms with E-state index in [9.17, 15) is 0 Å². The molecule has 0 bridgehead atoms. The van der Waals surface area contributed by atoms with Gasteiger partial charge in [-0.2, -0.15) is 0 Å². The number of ether oxygens (including phenoxy) is 2. The number of hydrogen-bond donors (Lipinski definition) is 0. The lowest BCUT2D eigenvalue weighted by Crippen LogP contribution is -2.33. The molecule has 0 amide bonds. The summed E-state index contributed by atoms with van der Waals surface area (Å²) in [6.07, 6.45) is 4.88. The quantitative estimate of drug-likeness (QED) is 0.617. The van der Waals surface area contributed by atoms with Crippen LogP contribution in [0.3, 0.4) is 0 Å². The highest BCUT2D eigenvalue weighted by Gasteiger charge is 2.38. The Kier molecular flexibility index (Phi) is 2.26. The maximum absolute atomic E-state index is 5.65. The Balaban J connectivity index is 2.15. The fourth-order valence-electron chi connectivity index (χ4n) is 2.16. The van der Waals surface area contributed by atoms with E-state index >= 15 is 0 Å². The third-order valence-electron chi connectivity index (χ3n) is 2.92. The molecule has 72 valence electrons. The molecule has 13 heavy (non-hydrogen) atoms. The van der Waals surface area contributed by atoms with Gasteiger partial charge in [-0.15, -0.1) is 0 Å². The molecule has 1 saturated heterocycles. The molecule has 0 N–H and O–H groups in total. The van der Waals surface area contributed by atoms with Crippen LogP contribution in [-0.4, -0.2) is 19.0 Å². The maximum atomic E-state index is 5.65. The summed E-state index contributed by atoms with van der Waals surface area (Å²) in [7, 11) is 0. The summed E-state index contributed by atoms with van der Waals surface area (Å²) in [5.41, 5.74) is 2.73. The van der Waals surface area contributed by atoms with Gasteiger partial charge in [-0.05, 0) is 18.9 Å². The van der Waals surface area contributed by atoms with E-state index in [0.29, 0.717) is 0 Å². The molecule has 0 radical (unpaired) electrons. The predicted molar refractivity (Wildman–Crippen MR) is 51.4 cm³/mol. The highest BCUT2D eigenvalue weighted by atomic mass is 16.7. The smallest absolute Gasteiger partial charge is 0.172 e. The zero-order chi connectivity index (χ0) is 9.31. The molecule has 1 heterocycles. The van der Waals surface area contributed by atoms with Crippen molar-refractivity contribution in [1.29, 1.82) is 0 Å². The average Bonchev–Trinajstić information content (AvgIpc) is 2.54. The predicted octanol–water partition coefficient (Wildman–Crippen LogP) is 2.42. The van der Waals surface area contributed by atoms with Crippen molar-refractivity contribution in [3.05, 3.63) is 23.8 Å². The highest BCUT2D eigenvalue weighted by molar-refractivity contribution is 5.26. The van der Waals surface area contributed by atoms with Crippen molar-refractivity contribution < 1.29 is 9.47 Å². The molecule has 1 fully saturated rings. The van der Waals surface area contributed by atoms with E-state index in [-0.39, 0.29) is 5.79 Å². The van der Waals surface area contributed by atoms with E-state index in [1.54, 1.807) is 0 Å². The lowest BCUT2D eigenvalue weighted by molar-refractivity contribution is -0.163. The number of rotatable bonds is 1. The monoisotopic (exact) mass is 180 g/mol. The van der Waals surface area contributed by atoms with Crippen molar-refractivity contribution in [2.24, 2.45) is 0 Å². The van der Waals surface area contributed by atoms with E-state index in [1.807, 2.05) is 6.08 Å². The van der Waals surface area contributed by atoms with E-state index in [2.05, 4.69) is 13.5 Å². The van der Waals surface area contributed by atoms with Crippen LogP contribution < -0.4 is 0 Å². The Morgan fingerprint density at radius 1 is 1.38 bits per heavy atom. The molecule has 1 aliphatic heterocycles. The summed E-state index contributed by atoms with van der Waals surface area (Å²) in [6, 6.07) is 0. The van der Waals surface area contributed by atoms with Crippen LogP contribution in [0.15, 0.2) is 23.8 Å². The first kappa shape index (κ1) is 8.97. The standard InChI is InChI=1S/C11H16O2/c1-3-10-4-5-11(8-9(10)2)12-6-7-13-11/h3H,1,4-8H2,2H3. The molecule has 0 aromatic carbocycles. The molecule has 2 nitrogen and oxygen atoms in total. The second-order valence-corrected chi connectivity index (χ2v) is 3.79. The third-order valence-corrected chi connectivity index (χ3v) is 2.92. The van der Waals surface area contributed by atoms with Crippen molar-refractivity contribution in [2.45, 2.75) is 32.0 Å². The van der Waals surface area contributed by atoms with Gasteiger partial charge in [0.1, 0.15) is 0 Å². The molecular weight excluding hydrogens is 164 g/mol. The summed E-state index contributed by atoms with van der Waals surface area (Å²) in [5, 5.41) is 0. The zero-order valence-corrected chi connectivity index (χ0v) is 8.14. The third kappa shape index (κ3) is 1.56. The normalized spacial score (nSPS) is 26.8. The summed E-state index contributed by atoms with van der Waals surface area (Å²) in [6.45, 7) is 7.45. The minimum Gasteiger partial charge on any atom is -0.347 e. The van der Waals surface area contributed by atoms with E-state index in [1.165, 1.54) is 11.1 Å². The van der Waals surface area contributed by atoms with Gasteiger partial charge in [0.15, 0.2) is 5.79 Å². The first-order valence-electron chi connectivity index (χ1n) is 4.85. The Bertz CT molecular complexity index is 247. The first-order chi connectivity index (χ1) is 6.26.